The first-order chi connectivity index (χ1) is 11.0. The molecule has 1 fully saturated rings. The molecule has 2 rings (SSSR count). The fraction of sp³-hybridized carbons (Fsp3) is 0.467. The second-order valence-electron chi connectivity index (χ2n) is 5.41. The maximum absolute atomic E-state index is 11.8. The second kappa shape index (κ2) is 7.92. The zero-order valence-electron chi connectivity index (χ0n) is 12.4. The fourth-order valence-electron chi connectivity index (χ4n) is 2.54. The summed E-state index contributed by atoms with van der Waals surface area (Å²) in [4.78, 5) is 34.0. The lowest BCUT2D eigenvalue weighted by Gasteiger charge is -2.19. The van der Waals surface area contributed by atoms with E-state index in [9.17, 15) is 19.7 Å². The topological polar surface area (TPSA) is 98.5 Å². The molecule has 0 heterocycles. The SMILES string of the molecule is O=C(COC(=O)C1CCCCC1)Nc1ccc(Cl)cc1[N+](=O)[O-]. The maximum Gasteiger partial charge on any atom is 0.309 e. The van der Waals surface area contributed by atoms with Gasteiger partial charge in [-0.3, -0.25) is 19.7 Å². The van der Waals surface area contributed by atoms with Gasteiger partial charge in [-0.1, -0.05) is 30.9 Å². The van der Waals surface area contributed by atoms with Crippen LogP contribution < -0.4 is 5.32 Å². The van der Waals surface area contributed by atoms with E-state index in [1.165, 1.54) is 12.1 Å². The molecular weight excluding hydrogens is 324 g/mol. The molecule has 1 aliphatic carbocycles. The minimum atomic E-state index is -0.643. The van der Waals surface area contributed by atoms with E-state index < -0.39 is 17.4 Å². The number of amides is 1. The van der Waals surface area contributed by atoms with Crippen molar-refractivity contribution in [3.05, 3.63) is 33.3 Å². The van der Waals surface area contributed by atoms with Crippen LogP contribution >= 0.6 is 11.6 Å². The van der Waals surface area contributed by atoms with Gasteiger partial charge in [-0.2, -0.15) is 0 Å². The molecule has 1 amide bonds. The minimum Gasteiger partial charge on any atom is -0.455 e. The average Bonchev–Trinajstić information content (AvgIpc) is 2.55. The Labute approximate surface area is 138 Å². The zero-order chi connectivity index (χ0) is 16.8. The minimum absolute atomic E-state index is 0.0121. The summed E-state index contributed by atoms with van der Waals surface area (Å²) in [6, 6.07) is 3.91. The molecule has 7 nitrogen and oxygen atoms in total. The highest BCUT2D eigenvalue weighted by Gasteiger charge is 2.23. The number of ether oxygens (including phenoxy) is 1. The highest BCUT2D eigenvalue weighted by atomic mass is 35.5. The van der Waals surface area contributed by atoms with E-state index in [1.807, 2.05) is 0 Å². The van der Waals surface area contributed by atoms with Crippen molar-refractivity contribution in [2.24, 2.45) is 5.92 Å². The maximum atomic E-state index is 11.8. The number of hydrogen-bond donors (Lipinski definition) is 1. The molecule has 0 unspecified atom stereocenters. The van der Waals surface area contributed by atoms with Gasteiger partial charge in [0.05, 0.1) is 10.8 Å². The molecule has 0 saturated heterocycles. The molecule has 0 radical (unpaired) electrons. The summed E-state index contributed by atoms with van der Waals surface area (Å²) in [5.41, 5.74) is -0.303. The number of halogens is 1. The van der Waals surface area contributed by atoms with Gasteiger partial charge in [-0.15, -0.1) is 0 Å². The second-order valence-corrected chi connectivity index (χ2v) is 5.85. The van der Waals surface area contributed by atoms with Crippen molar-refractivity contribution in [2.75, 3.05) is 11.9 Å². The first-order valence-electron chi connectivity index (χ1n) is 7.38. The van der Waals surface area contributed by atoms with Crippen LogP contribution in [0.25, 0.3) is 0 Å². The Hall–Kier alpha value is -2.15. The van der Waals surface area contributed by atoms with E-state index in [1.54, 1.807) is 0 Å². The molecule has 124 valence electrons. The molecule has 8 heteroatoms. The highest BCUT2D eigenvalue weighted by Crippen LogP contribution is 2.28. The number of hydrogen-bond acceptors (Lipinski definition) is 5. The van der Waals surface area contributed by atoms with Gasteiger partial charge >= 0.3 is 5.97 Å². The van der Waals surface area contributed by atoms with Crippen LogP contribution in [0.3, 0.4) is 0 Å². The monoisotopic (exact) mass is 340 g/mol. The number of carbonyl (C=O) groups is 2. The summed E-state index contributed by atoms with van der Waals surface area (Å²) in [6.45, 7) is -0.463. The Morgan fingerprint density at radius 3 is 2.65 bits per heavy atom. The largest absolute Gasteiger partial charge is 0.455 e. The first kappa shape index (κ1) is 17.2. The molecule has 1 N–H and O–H groups in total. The number of nitrogens with one attached hydrogen (secondary N) is 1. The number of rotatable bonds is 5. The summed E-state index contributed by atoms with van der Waals surface area (Å²) in [5, 5.41) is 13.5. The summed E-state index contributed by atoms with van der Waals surface area (Å²) in [7, 11) is 0. The van der Waals surface area contributed by atoms with E-state index in [4.69, 9.17) is 16.3 Å². The average molecular weight is 341 g/mol. The van der Waals surface area contributed by atoms with Gasteiger partial charge in [0.15, 0.2) is 6.61 Å². The molecule has 1 aromatic carbocycles. The number of nitrogens with zero attached hydrogens (tertiary/aromatic N) is 1. The smallest absolute Gasteiger partial charge is 0.309 e. The van der Waals surface area contributed by atoms with Gasteiger partial charge < -0.3 is 10.1 Å². The van der Waals surface area contributed by atoms with Crippen LogP contribution in [0.15, 0.2) is 18.2 Å². The van der Waals surface area contributed by atoms with E-state index in [-0.39, 0.29) is 28.3 Å². The quantitative estimate of drug-likeness (QED) is 0.503. The van der Waals surface area contributed by atoms with Crippen LogP contribution in [0, 0.1) is 16.0 Å². The number of nitro benzene ring substituents is 1. The van der Waals surface area contributed by atoms with Crippen molar-refractivity contribution in [1.29, 1.82) is 0 Å². The third-order valence-electron chi connectivity index (χ3n) is 3.71. The molecule has 0 aliphatic heterocycles. The van der Waals surface area contributed by atoms with Crippen LogP contribution in [0.5, 0.6) is 0 Å². The number of nitro groups is 1. The summed E-state index contributed by atoms with van der Waals surface area (Å²) >= 11 is 5.70. The number of carbonyl (C=O) groups excluding carboxylic acids is 2. The van der Waals surface area contributed by atoms with Crippen molar-refractivity contribution in [3.8, 4) is 0 Å². The predicted molar refractivity (Wildman–Crippen MR) is 84.3 cm³/mol. The van der Waals surface area contributed by atoms with Crippen LogP contribution in [-0.2, 0) is 14.3 Å². The predicted octanol–water partition coefficient (Wildman–Crippen LogP) is 3.31. The number of esters is 1. The highest BCUT2D eigenvalue weighted by molar-refractivity contribution is 6.31. The Bertz CT molecular complexity index is 614. The van der Waals surface area contributed by atoms with E-state index >= 15 is 0 Å². The Kier molecular flexibility index (Phi) is 5.92. The molecule has 0 aromatic heterocycles. The molecule has 0 bridgehead atoms. The summed E-state index contributed by atoms with van der Waals surface area (Å²) < 4.78 is 4.99. The normalized spacial score (nSPS) is 15.0. The lowest BCUT2D eigenvalue weighted by atomic mass is 9.89. The molecule has 0 spiro atoms. The van der Waals surface area contributed by atoms with E-state index in [2.05, 4.69) is 5.32 Å². The van der Waals surface area contributed by atoms with Gasteiger partial charge in [-0.25, -0.2) is 0 Å². The summed E-state index contributed by atoms with van der Waals surface area (Å²) in [6.07, 6.45) is 4.66. The molecular formula is C15H17ClN2O5. The van der Waals surface area contributed by atoms with Crippen molar-refractivity contribution in [2.45, 2.75) is 32.1 Å². The first-order valence-corrected chi connectivity index (χ1v) is 7.75. The van der Waals surface area contributed by atoms with Gasteiger partial charge in [0.2, 0.25) is 0 Å². The third-order valence-corrected chi connectivity index (χ3v) is 3.95. The van der Waals surface area contributed by atoms with Gasteiger partial charge in [0.1, 0.15) is 5.69 Å². The van der Waals surface area contributed by atoms with Gasteiger partial charge in [-0.05, 0) is 25.0 Å². The van der Waals surface area contributed by atoms with Crippen LogP contribution in [0.1, 0.15) is 32.1 Å². The fourth-order valence-corrected chi connectivity index (χ4v) is 2.71. The van der Waals surface area contributed by atoms with Gasteiger partial charge in [0.25, 0.3) is 11.6 Å². The Morgan fingerprint density at radius 1 is 1.30 bits per heavy atom. The lowest BCUT2D eigenvalue weighted by molar-refractivity contribution is -0.383. The molecule has 1 saturated carbocycles. The van der Waals surface area contributed by atoms with Crippen LogP contribution in [-0.4, -0.2) is 23.4 Å². The summed E-state index contributed by atoms with van der Waals surface area (Å²) in [5.74, 6) is -1.16. The third kappa shape index (κ3) is 4.92. The standard InChI is InChI=1S/C15H17ClN2O5/c16-11-6-7-12(13(8-11)18(21)22)17-14(19)9-23-15(20)10-4-2-1-3-5-10/h6-8,10H,1-5,9H2,(H,17,19). The molecule has 1 aliphatic rings. The number of benzene rings is 1. The molecule has 0 atom stereocenters. The molecule has 23 heavy (non-hydrogen) atoms. The van der Waals surface area contributed by atoms with Crippen LogP contribution in [0.2, 0.25) is 5.02 Å². The van der Waals surface area contributed by atoms with Crippen molar-refractivity contribution >= 4 is 34.9 Å². The van der Waals surface area contributed by atoms with Crippen LogP contribution in [0.4, 0.5) is 11.4 Å². The Morgan fingerprint density at radius 2 is 2.00 bits per heavy atom. The zero-order valence-corrected chi connectivity index (χ0v) is 13.2. The van der Waals surface area contributed by atoms with Gasteiger partial charge in [0, 0.05) is 11.1 Å². The number of anilines is 1. The van der Waals surface area contributed by atoms with E-state index in [0.717, 1.165) is 38.2 Å². The van der Waals surface area contributed by atoms with Crippen molar-refractivity contribution in [3.63, 3.8) is 0 Å². The van der Waals surface area contributed by atoms with Crippen molar-refractivity contribution in [1.82, 2.24) is 0 Å². The van der Waals surface area contributed by atoms with E-state index in [0.29, 0.717) is 0 Å². The Balaban J connectivity index is 1.90. The lowest BCUT2D eigenvalue weighted by Crippen LogP contribution is -2.26. The van der Waals surface area contributed by atoms with Crippen molar-refractivity contribution < 1.29 is 19.2 Å². The molecule has 1 aromatic rings.